The van der Waals surface area contributed by atoms with Crippen LogP contribution in [0, 0.1) is 24.2 Å². The van der Waals surface area contributed by atoms with E-state index < -0.39 is 11.9 Å². The third kappa shape index (κ3) is 3.10. The van der Waals surface area contributed by atoms with Crippen LogP contribution in [0.4, 0.5) is 0 Å². The summed E-state index contributed by atoms with van der Waals surface area (Å²) in [5, 5.41) is 8.81. The van der Waals surface area contributed by atoms with Crippen LogP contribution in [-0.4, -0.2) is 13.1 Å². The first kappa shape index (κ1) is 11.3. The van der Waals surface area contributed by atoms with Crippen molar-refractivity contribution >= 4 is 5.97 Å². The molecule has 0 amide bonds. The van der Waals surface area contributed by atoms with Crippen molar-refractivity contribution in [3.8, 4) is 6.07 Å². The van der Waals surface area contributed by atoms with Gasteiger partial charge in [-0.25, -0.2) is 0 Å². The highest BCUT2D eigenvalue weighted by Gasteiger charge is 2.18. The monoisotopic (exact) mass is 203 g/mol. The van der Waals surface area contributed by atoms with E-state index in [1.165, 1.54) is 7.11 Å². The normalized spacial score (nSPS) is 11.5. The highest BCUT2D eigenvalue weighted by atomic mass is 16.5. The first-order valence-corrected chi connectivity index (χ1v) is 4.70. The summed E-state index contributed by atoms with van der Waals surface area (Å²) >= 11 is 0. The van der Waals surface area contributed by atoms with Crippen molar-refractivity contribution in [2.24, 2.45) is 5.92 Å². The molecule has 0 fully saturated rings. The number of aryl methyl sites for hydroxylation is 1. The summed E-state index contributed by atoms with van der Waals surface area (Å²) in [5.41, 5.74) is 2.10. The van der Waals surface area contributed by atoms with Crippen LogP contribution in [-0.2, 0) is 16.0 Å². The number of benzene rings is 1. The van der Waals surface area contributed by atoms with Gasteiger partial charge in [-0.3, -0.25) is 4.79 Å². The summed E-state index contributed by atoms with van der Waals surface area (Å²) in [7, 11) is 1.29. The van der Waals surface area contributed by atoms with Crippen molar-refractivity contribution in [1.29, 1.82) is 5.26 Å². The molecule has 0 aliphatic heterocycles. The second-order valence-corrected chi connectivity index (χ2v) is 3.40. The quantitative estimate of drug-likeness (QED) is 0.704. The molecular formula is C12H13NO2. The minimum absolute atomic E-state index is 0.408. The minimum atomic E-state index is -0.711. The van der Waals surface area contributed by atoms with Crippen molar-refractivity contribution in [2.75, 3.05) is 7.11 Å². The molecule has 0 N–H and O–H groups in total. The molecule has 0 saturated heterocycles. The van der Waals surface area contributed by atoms with E-state index in [2.05, 4.69) is 4.74 Å². The van der Waals surface area contributed by atoms with Crippen LogP contribution in [0.1, 0.15) is 11.1 Å². The Morgan fingerprint density at radius 3 is 2.87 bits per heavy atom. The Hall–Kier alpha value is -1.82. The molecule has 0 saturated carbocycles. The van der Waals surface area contributed by atoms with Crippen LogP contribution in [0.25, 0.3) is 0 Å². The van der Waals surface area contributed by atoms with E-state index in [1.54, 1.807) is 0 Å². The summed E-state index contributed by atoms with van der Waals surface area (Å²) in [4.78, 5) is 11.2. The van der Waals surface area contributed by atoms with Crippen LogP contribution in [0.3, 0.4) is 0 Å². The predicted octanol–water partition coefficient (Wildman–Crippen LogP) is 1.85. The Labute approximate surface area is 89.3 Å². The molecule has 0 heterocycles. The summed E-state index contributed by atoms with van der Waals surface area (Å²) in [6, 6.07) is 9.70. The number of ether oxygens (including phenoxy) is 1. The van der Waals surface area contributed by atoms with Gasteiger partial charge in [-0.15, -0.1) is 0 Å². The van der Waals surface area contributed by atoms with Gasteiger partial charge in [-0.2, -0.15) is 5.26 Å². The maximum absolute atomic E-state index is 11.2. The first-order chi connectivity index (χ1) is 7.17. The highest BCUT2D eigenvalue weighted by Crippen LogP contribution is 2.11. The molecule has 3 heteroatoms. The van der Waals surface area contributed by atoms with Gasteiger partial charge in [0.25, 0.3) is 0 Å². The summed E-state index contributed by atoms with van der Waals surface area (Å²) in [6.07, 6.45) is 0.408. The molecule has 1 atom stereocenters. The fourth-order valence-electron chi connectivity index (χ4n) is 1.40. The summed E-state index contributed by atoms with van der Waals surface area (Å²) in [6.45, 7) is 1.98. The molecule has 1 aromatic rings. The number of nitriles is 1. The number of hydrogen-bond donors (Lipinski definition) is 0. The number of esters is 1. The third-order valence-electron chi connectivity index (χ3n) is 2.16. The van der Waals surface area contributed by atoms with Crippen LogP contribution < -0.4 is 0 Å². The largest absolute Gasteiger partial charge is 0.468 e. The second kappa shape index (κ2) is 5.16. The van der Waals surface area contributed by atoms with Crippen molar-refractivity contribution in [3.05, 3.63) is 35.4 Å². The van der Waals surface area contributed by atoms with Gasteiger partial charge in [-0.05, 0) is 18.9 Å². The zero-order valence-corrected chi connectivity index (χ0v) is 8.86. The molecule has 1 unspecified atom stereocenters. The SMILES string of the molecule is COC(=O)C(C#N)Cc1cccc(C)c1. The minimum Gasteiger partial charge on any atom is -0.468 e. The van der Waals surface area contributed by atoms with Crippen molar-refractivity contribution < 1.29 is 9.53 Å². The average molecular weight is 203 g/mol. The smallest absolute Gasteiger partial charge is 0.323 e. The zero-order valence-electron chi connectivity index (χ0n) is 8.86. The molecule has 0 spiro atoms. The number of methoxy groups -OCH3 is 1. The van der Waals surface area contributed by atoms with Crippen LogP contribution in [0.2, 0.25) is 0 Å². The third-order valence-corrected chi connectivity index (χ3v) is 2.16. The second-order valence-electron chi connectivity index (χ2n) is 3.40. The number of carbonyl (C=O) groups excluding carboxylic acids is 1. The first-order valence-electron chi connectivity index (χ1n) is 4.70. The summed E-state index contributed by atoms with van der Waals surface area (Å²) < 4.78 is 4.54. The van der Waals surface area contributed by atoms with Crippen LogP contribution in [0.15, 0.2) is 24.3 Å². The Morgan fingerprint density at radius 1 is 1.60 bits per heavy atom. The van der Waals surface area contributed by atoms with Crippen LogP contribution in [0.5, 0.6) is 0 Å². The molecule has 3 nitrogen and oxygen atoms in total. The van der Waals surface area contributed by atoms with Gasteiger partial charge in [-0.1, -0.05) is 29.8 Å². The van der Waals surface area contributed by atoms with Gasteiger partial charge < -0.3 is 4.74 Å². The van der Waals surface area contributed by atoms with E-state index in [0.29, 0.717) is 6.42 Å². The lowest BCUT2D eigenvalue weighted by molar-refractivity contribution is -0.143. The van der Waals surface area contributed by atoms with Crippen molar-refractivity contribution in [1.82, 2.24) is 0 Å². The molecule has 0 aliphatic rings. The number of nitrogens with zero attached hydrogens (tertiary/aromatic N) is 1. The molecule has 78 valence electrons. The van der Waals surface area contributed by atoms with Gasteiger partial charge in [0.1, 0.15) is 5.92 Å². The molecular weight excluding hydrogens is 190 g/mol. The Kier molecular flexibility index (Phi) is 3.87. The summed E-state index contributed by atoms with van der Waals surface area (Å²) in [5.74, 6) is -1.18. The van der Waals surface area contributed by atoms with E-state index in [1.807, 2.05) is 37.3 Å². The fraction of sp³-hybridized carbons (Fsp3) is 0.333. The molecule has 1 aromatic carbocycles. The lowest BCUT2D eigenvalue weighted by Crippen LogP contribution is -2.16. The molecule has 0 aromatic heterocycles. The fourth-order valence-corrected chi connectivity index (χ4v) is 1.40. The lowest BCUT2D eigenvalue weighted by Gasteiger charge is -2.07. The number of hydrogen-bond acceptors (Lipinski definition) is 3. The molecule has 0 radical (unpaired) electrons. The van der Waals surface area contributed by atoms with E-state index in [9.17, 15) is 4.79 Å². The Morgan fingerprint density at radius 2 is 2.33 bits per heavy atom. The average Bonchev–Trinajstić information content (AvgIpc) is 2.25. The Balaban J connectivity index is 2.76. The topological polar surface area (TPSA) is 50.1 Å². The van der Waals surface area contributed by atoms with Gasteiger partial charge in [0, 0.05) is 0 Å². The Bertz CT molecular complexity index is 393. The van der Waals surface area contributed by atoms with E-state index in [0.717, 1.165) is 11.1 Å². The maximum atomic E-state index is 11.2. The number of carbonyl (C=O) groups is 1. The predicted molar refractivity (Wildman–Crippen MR) is 56.0 cm³/mol. The zero-order chi connectivity index (χ0) is 11.3. The molecule has 15 heavy (non-hydrogen) atoms. The highest BCUT2D eigenvalue weighted by molar-refractivity contribution is 5.75. The van der Waals surface area contributed by atoms with Gasteiger partial charge in [0.05, 0.1) is 13.2 Å². The lowest BCUT2D eigenvalue weighted by atomic mass is 9.99. The van der Waals surface area contributed by atoms with Gasteiger partial charge in [0.15, 0.2) is 0 Å². The van der Waals surface area contributed by atoms with E-state index in [-0.39, 0.29) is 0 Å². The standard InChI is InChI=1S/C12H13NO2/c1-9-4-3-5-10(6-9)7-11(8-13)12(14)15-2/h3-6,11H,7H2,1-2H3. The van der Waals surface area contributed by atoms with E-state index in [4.69, 9.17) is 5.26 Å². The van der Waals surface area contributed by atoms with Crippen LogP contribution >= 0.6 is 0 Å². The van der Waals surface area contributed by atoms with E-state index >= 15 is 0 Å². The molecule has 1 rings (SSSR count). The number of rotatable bonds is 3. The van der Waals surface area contributed by atoms with Crippen molar-refractivity contribution in [2.45, 2.75) is 13.3 Å². The molecule has 0 bridgehead atoms. The maximum Gasteiger partial charge on any atom is 0.323 e. The van der Waals surface area contributed by atoms with Gasteiger partial charge >= 0.3 is 5.97 Å². The van der Waals surface area contributed by atoms with Gasteiger partial charge in [0.2, 0.25) is 0 Å². The van der Waals surface area contributed by atoms with Crippen molar-refractivity contribution in [3.63, 3.8) is 0 Å². The molecule has 0 aliphatic carbocycles.